The molecule has 0 amide bonds. The van der Waals surface area contributed by atoms with Gasteiger partial charge in [-0.1, -0.05) is 49.8 Å². The minimum absolute atomic E-state index is 0.708. The highest BCUT2D eigenvalue weighted by molar-refractivity contribution is 5.35. The van der Waals surface area contributed by atoms with Gasteiger partial charge >= 0.3 is 0 Å². The second kappa shape index (κ2) is 9.94. The van der Waals surface area contributed by atoms with Gasteiger partial charge in [0.15, 0.2) is 0 Å². The van der Waals surface area contributed by atoms with Crippen LogP contribution in [0.3, 0.4) is 0 Å². The number of hydrogen-bond donors (Lipinski definition) is 0. The first kappa shape index (κ1) is 19.3. The summed E-state index contributed by atoms with van der Waals surface area (Å²) in [6, 6.07) is 0. The van der Waals surface area contributed by atoms with Crippen molar-refractivity contribution < 1.29 is 0 Å². The van der Waals surface area contributed by atoms with Gasteiger partial charge in [-0.05, 0) is 65.0 Å². The Bertz CT molecular complexity index is 333. The molecule has 0 bridgehead atoms. The van der Waals surface area contributed by atoms with Gasteiger partial charge in [0.05, 0.1) is 0 Å². The molecule has 0 heterocycles. The molecule has 0 nitrogen and oxygen atoms in total. The van der Waals surface area contributed by atoms with Crippen molar-refractivity contribution in [3.8, 4) is 0 Å². The summed E-state index contributed by atoms with van der Waals surface area (Å²) in [6.45, 7) is 24.7. The van der Waals surface area contributed by atoms with E-state index in [-0.39, 0.29) is 0 Å². The van der Waals surface area contributed by atoms with Crippen LogP contribution < -0.4 is 0 Å². The Kier molecular flexibility index (Phi) is 10.7. The highest BCUT2D eigenvalue weighted by Crippen LogP contribution is 2.14. The fourth-order valence-corrected chi connectivity index (χ4v) is 1.22. The molecule has 0 fully saturated rings. The Morgan fingerprint density at radius 3 is 1.61 bits per heavy atom. The zero-order chi connectivity index (χ0) is 14.9. The van der Waals surface area contributed by atoms with Crippen LogP contribution in [0.25, 0.3) is 0 Å². The SMILES string of the molecule is C=C(C)/C=C(/C)C(C)=C(C)C.C=C(C)C(C)CC. The van der Waals surface area contributed by atoms with Crippen molar-refractivity contribution in [2.45, 2.75) is 61.8 Å². The molecule has 0 aromatic heterocycles. The lowest BCUT2D eigenvalue weighted by molar-refractivity contribution is 0.658. The molecule has 0 aliphatic carbocycles. The average Bonchev–Trinajstić information content (AvgIpc) is 2.26. The first-order chi connectivity index (χ1) is 8.13. The molecule has 0 rings (SSSR count). The summed E-state index contributed by atoms with van der Waals surface area (Å²) in [4.78, 5) is 0. The maximum atomic E-state index is 3.84. The molecule has 1 atom stereocenters. The molecule has 1 unspecified atom stereocenters. The Morgan fingerprint density at radius 1 is 1.00 bits per heavy atom. The first-order valence-corrected chi connectivity index (χ1v) is 6.77. The van der Waals surface area contributed by atoms with Crippen LogP contribution in [0.1, 0.15) is 61.8 Å². The normalized spacial score (nSPS) is 12.1. The molecule has 0 aromatic carbocycles. The monoisotopic (exact) mass is 248 g/mol. The van der Waals surface area contributed by atoms with Crippen LogP contribution in [0.15, 0.2) is 47.1 Å². The first-order valence-electron chi connectivity index (χ1n) is 6.77. The molecular formula is C18H32. The Morgan fingerprint density at radius 2 is 1.44 bits per heavy atom. The van der Waals surface area contributed by atoms with Crippen molar-refractivity contribution in [2.75, 3.05) is 0 Å². The van der Waals surface area contributed by atoms with E-state index in [4.69, 9.17) is 0 Å². The second-order valence-electron chi connectivity index (χ2n) is 5.45. The summed E-state index contributed by atoms with van der Waals surface area (Å²) in [5.74, 6) is 0.708. The minimum atomic E-state index is 0.708. The van der Waals surface area contributed by atoms with Crippen molar-refractivity contribution in [1.29, 1.82) is 0 Å². The molecule has 18 heavy (non-hydrogen) atoms. The maximum Gasteiger partial charge on any atom is -0.0240 e. The molecule has 0 radical (unpaired) electrons. The summed E-state index contributed by atoms with van der Waals surface area (Å²) in [5.41, 5.74) is 6.47. The van der Waals surface area contributed by atoms with E-state index in [0.29, 0.717) is 5.92 Å². The third-order valence-corrected chi connectivity index (χ3v) is 3.26. The van der Waals surface area contributed by atoms with Crippen molar-refractivity contribution in [2.24, 2.45) is 5.92 Å². The predicted octanol–water partition coefficient (Wildman–Crippen LogP) is 6.47. The molecular weight excluding hydrogens is 216 g/mol. The molecule has 0 aliphatic heterocycles. The van der Waals surface area contributed by atoms with E-state index in [2.05, 4.69) is 67.7 Å². The van der Waals surface area contributed by atoms with Gasteiger partial charge in [0.1, 0.15) is 0 Å². The van der Waals surface area contributed by atoms with Crippen LogP contribution in [0.4, 0.5) is 0 Å². The molecule has 104 valence electrons. The third-order valence-electron chi connectivity index (χ3n) is 3.26. The van der Waals surface area contributed by atoms with Crippen LogP contribution in [0.5, 0.6) is 0 Å². The van der Waals surface area contributed by atoms with Gasteiger partial charge in [-0.25, -0.2) is 0 Å². The lowest BCUT2D eigenvalue weighted by atomic mass is 10.0. The second-order valence-corrected chi connectivity index (χ2v) is 5.45. The highest BCUT2D eigenvalue weighted by Gasteiger charge is 1.95. The Hall–Kier alpha value is -1.04. The zero-order valence-electron chi connectivity index (χ0n) is 13.8. The molecule has 0 aliphatic rings. The molecule has 0 saturated heterocycles. The summed E-state index contributed by atoms with van der Waals surface area (Å²) < 4.78 is 0. The lowest BCUT2D eigenvalue weighted by Crippen LogP contribution is -1.89. The molecule has 0 saturated carbocycles. The van der Waals surface area contributed by atoms with E-state index < -0.39 is 0 Å². The third kappa shape index (κ3) is 10.1. The highest BCUT2D eigenvalue weighted by atomic mass is 14.0. The number of allylic oxidation sites excluding steroid dienone is 6. The summed E-state index contributed by atoms with van der Waals surface area (Å²) in [5, 5.41) is 0. The van der Waals surface area contributed by atoms with Gasteiger partial charge in [-0.15, -0.1) is 0 Å². The number of hydrogen-bond acceptors (Lipinski definition) is 0. The maximum absolute atomic E-state index is 3.84. The smallest absolute Gasteiger partial charge is 0.0240 e. The molecule has 0 N–H and O–H groups in total. The van der Waals surface area contributed by atoms with Crippen molar-refractivity contribution >= 4 is 0 Å². The van der Waals surface area contributed by atoms with Gasteiger partial charge in [0, 0.05) is 0 Å². The largest absolute Gasteiger partial charge is 0.0999 e. The van der Waals surface area contributed by atoms with Crippen LogP contribution >= 0.6 is 0 Å². The lowest BCUT2D eigenvalue weighted by Gasteiger charge is -2.04. The molecule has 0 spiro atoms. The van der Waals surface area contributed by atoms with E-state index in [9.17, 15) is 0 Å². The fourth-order valence-electron chi connectivity index (χ4n) is 1.22. The van der Waals surface area contributed by atoms with E-state index in [1.165, 1.54) is 28.7 Å². The molecule has 0 heteroatoms. The van der Waals surface area contributed by atoms with E-state index >= 15 is 0 Å². The Labute approximate surface area is 115 Å². The topological polar surface area (TPSA) is 0 Å². The van der Waals surface area contributed by atoms with Crippen LogP contribution in [0.2, 0.25) is 0 Å². The average molecular weight is 248 g/mol. The summed E-state index contributed by atoms with van der Waals surface area (Å²) >= 11 is 0. The van der Waals surface area contributed by atoms with Crippen molar-refractivity contribution in [1.82, 2.24) is 0 Å². The van der Waals surface area contributed by atoms with Crippen LogP contribution in [-0.2, 0) is 0 Å². The zero-order valence-corrected chi connectivity index (χ0v) is 13.8. The quantitative estimate of drug-likeness (QED) is 0.395. The van der Waals surface area contributed by atoms with Crippen LogP contribution in [-0.4, -0.2) is 0 Å². The summed E-state index contributed by atoms with van der Waals surface area (Å²) in [6.07, 6.45) is 3.33. The van der Waals surface area contributed by atoms with Gasteiger partial charge in [0.2, 0.25) is 0 Å². The van der Waals surface area contributed by atoms with Crippen molar-refractivity contribution in [3.63, 3.8) is 0 Å². The Balaban J connectivity index is 0. The fraction of sp³-hybridized carbons (Fsp3) is 0.556. The van der Waals surface area contributed by atoms with Crippen molar-refractivity contribution in [3.05, 3.63) is 47.1 Å². The van der Waals surface area contributed by atoms with Gasteiger partial charge < -0.3 is 0 Å². The standard InChI is InChI=1S/C11H18.C7H14/c1-8(2)7-10(5)11(6)9(3)4;1-5-7(4)6(2)3/h7H,1H2,2-6H3;7H,2,5H2,1,3-4H3/b10-7-;. The van der Waals surface area contributed by atoms with Gasteiger partial charge in [-0.3, -0.25) is 0 Å². The predicted molar refractivity (Wildman–Crippen MR) is 86.9 cm³/mol. The molecule has 0 aromatic rings. The van der Waals surface area contributed by atoms with Gasteiger partial charge in [0.25, 0.3) is 0 Å². The van der Waals surface area contributed by atoms with Gasteiger partial charge in [-0.2, -0.15) is 0 Å². The van der Waals surface area contributed by atoms with E-state index in [1.807, 2.05) is 6.92 Å². The van der Waals surface area contributed by atoms with E-state index in [1.54, 1.807) is 0 Å². The summed E-state index contributed by atoms with van der Waals surface area (Å²) in [7, 11) is 0. The number of rotatable bonds is 4. The van der Waals surface area contributed by atoms with E-state index in [0.717, 1.165) is 5.57 Å². The van der Waals surface area contributed by atoms with Crippen LogP contribution in [0, 0.1) is 5.92 Å². The minimum Gasteiger partial charge on any atom is -0.0999 e.